The van der Waals surface area contributed by atoms with E-state index < -0.39 is 5.97 Å². The largest absolute Gasteiger partial charge is 0.475 e. The number of hydrogen-bond donors (Lipinski definition) is 1. The van der Waals surface area contributed by atoms with Crippen molar-refractivity contribution in [2.45, 2.75) is 0 Å². The van der Waals surface area contributed by atoms with Gasteiger partial charge < -0.3 is 5.11 Å². The van der Waals surface area contributed by atoms with Gasteiger partial charge in [0, 0.05) is 19.5 Å². The Kier molecular flexibility index (Phi) is 4.43. The minimum absolute atomic E-state index is 0. The molecule has 0 aromatic carbocycles. The second-order valence-electron chi connectivity index (χ2n) is 1.58. The van der Waals surface area contributed by atoms with Crippen LogP contribution in [-0.4, -0.2) is 11.1 Å². The molecule has 0 amide bonds. The van der Waals surface area contributed by atoms with Crippen LogP contribution in [0.15, 0.2) is 24.0 Å². The van der Waals surface area contributed by atoms with Gasteiger partial charge in [-0.25, -0.2) is 4.79 Å². The maximum absolute atomic E-state index is 10.2. The predicted octanol–water partition coefficient (Wildman–Crippen LogP) is 1.69. The third kappa shape index (κ3) is 2.55. The minimum Gasteiger partial charge on any atom is -0.475 e. The molecule has 1 atom stereocenters. The van der Waals surface area contributed by atoms with E-state index in [1.807, 2.05) is 11.9 Å². The molecule has 1 aromatic rings. The zero-order chi connectivity index (χ0) is 6.69. The van der Waals surface area contributed by atoms with Crippen LogP contribution in [-0.2, 0) is 19.5 Å². The van der Waals surface area contributed by atoms with Crippen LogP contribution >= 0.6 is 8.19 Å². The summed E-state index contributed by atoms with van der Waals surface area (Å²) in [5.74, 6) is 1.04. The Labute approximate surface area is 73.1 Å². The van der Waals surface area contributed by atoms with Crippen molar-refractivity contribution in [2.24, 2.45) is 0 Å². The first-order valence-corrected chi connectivity index (χ1v) is 3.58. The molecule has 2 nitrogen and oxygen atoms in total. The predicted molar refractivity (Wildman–Crippen MR) is 37.3 cm³/mol. The fourth-order valence-corrected chi connectivity index (χ4v) is 1.23. The first-order valence-electron chi connectivity index (χ1n) is 2.51. The molecule has 4 heteroatoms. The SMILES string of the molecule is O=C(O)c1cccc[pH+]1.[Zn]. The molecule has 48 valence electrons. The summed E-state index contributed by atoms with van der Waals surface area (Å²) in [5.41, 5.74) is 0. The summed E-state index contributed by atoms with van der Waals surface area (Å²) < 4.78 is 0. The summed E-state index contributed by atoms with van der Waals surface area (Å²) in [6, 6.07) is 5.21. The average Bonchev–Trinajstić information content (AvgIpc) is 1.90. The molecule has 0 spiro atoms. The Bertz CT molecular complexity index is 212. The van der Waals surface area contributed by atoms with Gasteiger partial charge in [0.1, 0.15) is 14.0 Å². The topological polar surface area (TPSA) is 37.3 Å². The molecule has 1 heterocycles. The van der Waals surface area contributed by atoms with Crippen molar-refractivity contribution in [2.75, 3.05) is 0 Å². The zero-order valence-corrected chi connectivity index (χ0v) is 9.34. The number of carbonyl (C=O) groups is 1. The third-order valence-corrected chi connectivity index (χ3v) is 1.99. The van der Waals surface area contributed by atoms with Crippen molar-refractivity contribution in [3.63, 3.8) is 0 Å². The van der Waals surface area contributed by atoms with Crippen molar-refractivity contribution < 1.29 is 29.4 Å². The molecule has 1 unspecified atom stereocenters. The third-order valence-electron chi connectivity index (χ3n) is 0.939. The molecule has 1 rings (SSSR count). The van der Waals surface area contributed by atoms with Gasteiger partial charge in [0.05, 0.1) is 0 Å². The van der Waals surface area contributed by atoms with E-state index in [9.17, 15) is 4.79 Å². The second kappa shape index (κ2) is 4.54. The maximum Gasteiger partial charge on any atom is 0.378 e. The molecule has 0 saturated heterocycles. The number of rotatable bonds is 1. The molecule has 0 aliphatic rings. The van der Waals surface area contributed by atoms with Gasteiger partial charge in [0.25, 0.3) is 0 Å². The number of hydrogen-bond acceptors (Lipinski definition) is 1. The maximum atomic E-state index is 10.2. The molecule has 10 heavy (non-hydrogen) atoms. The van der Waals surface area contributed by atoms with E-state index in [4.69, 9.17) is 5.11 Å². The first-order chi connectivity index (χ1) is 4.30. The van der Waals surface area contributed by atoms with Gasteiger partial charge >= 0.3 is 5.97 Å². The molecule has 1 N–H and O–H groups in total. The van der Waals surface area contributed by atoms with E-state index >= 15 is 0 Å². The summed E-state index contributed by atoms with van der Waals surface area (Å²) >= 11 is 0. The molecule has 0 aliphatic heterocycles. The number of carboxylic acid groups (broad SMARTS) is 1. The minimum atomic E-state index is -0.811. The van der Waals surface area contributed by atoms with Crippen LogP contribution in [0.2, 0.25) is 0 Å². The molecule has 0 saturated carbocycles. The first kappa shape index (κ1) is 9.74. The van der Waals surface area contributed by atoms with E-state index in [1.54, 1.807) is 12.1 Å². The van der Waals surface area contributed by atoms with Crippen molar-refractivity contribution in [3.8, 4) is 0 Å². The Morgan fingerprint density at radius 1 is 1.50 bits per heavy atom. The molecule has 1 aromatic heterocycles. The molecule has 0 bridgehead atoms. The van der Waals surface area contributed by atoms with E-state index in [0.717, 1.165) is 0 Å². The normalized spacial score (nSPS) is 8.80. The molecule has 0 radical (unpaired) electrons. The van der Waals surface area contributed by atoms with Gasteiger partial charge in [-0.3, -0.25) is 0 Å². The van der Waals surface area contributed by atoms with E-state index in [-0.39, 0.29) is 19.5 Å². The van der Waals surface area contributed by atoms with Gasteiger partial charge in [-0.2, -0.15) is 0 Å². The van der Waals surface area contributed by atoms with E-state index in [1.165, 1.54) is 0 Å². The molecular formula is C6H6O2PZn+. The van der Waals surface area contributed by atoms with Crippen LogP contribution in [0.25, 0.3) is 0 Å². The van der Waals surface area contributed by atoms with Crippen LogP contribution < -0.4 is 0 Å². The van der Waals surface area contributed by atoms with Gasteiger partial charge in [-0.15, -0.1) is 0 Å². The van der Waals surface area contributed by atoms with Gasteiger partial charge in [-0.1, -0.05) is 6.07 Å². The Balaban J connectivity index is 0.000000810. The van der Waals surface area contributed by atoms with Gasteiger partial charge in [-0.05, 0) is 12.1 Å². The fourth-order valence-electron chi connectivity index (χ4n) is 0.526. The fraction of sp³-hybridized carbons (Fsp3) is 0. The van der Waals surface area contributed by atoms with Crippen LogP contribution in [0.4, 0.5) is 0 Å². The smallest absolute Gasteiger partial charge is 0.378 e. The molecule has 0 fully saturated rings. The van der Waals surface area contributed by atoms with Crippen LogP contribution in [0.1, 0.15) is 10.1 Å². The standard InChI is InChI=1S/C6H5O2P.Zn/c7-6(8)5-3-1-2-4-9-5;/h1-4H,(H,7,8);/p+1. The van der Waals surface area contributed by atoms with Crippen molar-refractivity contribution in [1.29, 1.82) is 0 Å². The van der Waals surface area contributed by atoms with Gasteiger partial charge in [0.15, 0.2) is 0 Å². The van der Waals surface area contributed by atoms with E-state index in [2.05, 4.69) is 0 Å². The summed E-state index contributed by atoms with van der Waals surface area (Å²) in [5, 5.41) is 8.91. The summed E-state index contributed by atoms with van der Waals surface area (Å²) in [6.45, 7) is 0. The van der Waals surface area contributed by atoms with Crippen molar-refractivity contribution in [1.82, 2.24) is 0 Å². The second-order valence-corrected chi connectivity index (χ2v) is 2.74. The number of carboxylic acids is 1. The molecular weight excluding hydrogens is 200 g/mol. The Morgan fingerprint density at radius 3 is 2.50 bits per heavy atom. The quantitative estimate of drug-likeness (QED) is 0.710. The van der Waals surface area contributed by atoms with Gasteiger partial charge in [0.2, 0.25) is 5.30 Å². The number of aromatic carboxylic acids is 1. The monoisotopic (exact) mass is 205 g/mol. The van der Waals surface area contributed by atoms with Crippen LogP contribution in [0, 0.1) is 0 Å². The summed E-state index contributed by atoms with van der Waals surface area (Å²) in [6.07, 6.45) is 0. The van der Waals surface area contributed by atoms with E-state index in [0.29, 0.717) is 13.5 Å². The van der Waals surface area contributed by atoms with Crippen LogP contribution in [0.5, 0.6) is 0 Å². The molecule has 0 aliphatic carbocycles. The Hall–Kier alpha value is -0.257. The average molecular weight is 206 g/mol. The Morgan fingerprint density at radius 2 is 2.20 bits per heavy atom. The van der Waals surface area contributed by atoms with Crippen molar-refractivity contribution >= 4 is 14.2 Å². The zero-order valence-electron chi connectivity index (χ0n) is 5.37. The van der Waals surface area contributed by atoms with Crippen molar-refractivity contribution in [3.05, 3.63) is 29.3 Å². The summed E-state index contributed by atoms with van der Waals surface area (Å²) in [4.78, 5) is 10.2. The summed E-state index contributed by atoms with van der Waals surface area (Å²) in [7, 11) is 0.323. The van der Waals surface area contributed by atoms with Crippen LogP contribution in [0.3, 0.4) is 0 Å².